The van der Waals surface area contributed by atoms with Crippen LogP contribution in [0.4, 0.5) is 5.69 Å². The molecule has 1 unspecified atom stereocenters. The predicted molar refractivity (Wildman–Crippen MR) is 107 cm³/mol. The van der Waals surface area contributed by atoms with Crippen LogP contribution in [0.2, 0.25) is 5.02 Å². The number of benzene rings is 1. The molecule has 0 saturated carbocycles. The molecule has 1 aliphatic rings. The normalized spacial score (nSPS) is 18.1. The molecular formula is C17H27ClN4O3S. The highest BCUT2D eigenvalue weighted by Crippen LogP contribution is 2.33. The minimum atomic E-state index is -3.02. The van der Waals surface area contributed by atoms with Crippen molar-refractivity contribution in [1.82, 2.24) is 10.6 Å². The average Bonchev–Trinajstić information content (AvgIpc) is 3.02. The molecule has 1 aromatic rings. The fraction of sp³-hybridized carbons (Fsp3) is 0.588. The van der Waals surface area contributed by atoms with Gasteiger partial charge in [0.25, 0.3) is 0 Å². The Labute approximate surface area is 160 Å². The third-order valence-electron chi connectivity index (χ3n) is 4.09. The first-order valence-corrected chi connectivity index (χ1v) is 11.1. The molecule has 2 N–H and O–H groups in total. The number of guanidine groups is 1. The van der Waals surface area contributed by atoms with Gasteiger partial charge < -0.3 is 20.3 Å². The van der Waals surface area contributed by atoms with Crippen molar-refractivity contribution in [3.63, 3.8) is 0 Å². The van der Waals surface area contributed by atoms with E-state index < -0.39 is 9.84 Å². The highest BCUT2D eigenvalue weighted by Gasteiger charge is 2.25. The van der Waals surface area contributed by atoms with Gasteiger partial charge in [-0.1, -0.05) is 11.6 Å². The number of halogens is 1. The van der Waals surface area contributed by atoms with Gasteiger partial charge in [-0.2, -0.15) is 0 Å². The first kappa shape index (κ1) is 20.6. The van der Waals surface area contributed by atoms with Crippen LogP contribution in [-0.2, 0) is 9.84 Å². The Morgan fingerprint density at radius 3 is 2.88 bits per heavy atom. The number of hydrogen-bond donors (Lipinski definition) is 2. The van der Waals surface area contributed by atoms with Gasteiger partial charge in [-0.05, 0) is 31.5 Å². The number of nitrogens with one attached hydrogen (secondary N) is 2. The summed E-state index contributed by atoms with van der Waals surface area (Å²) in [6, 6.07) is 5.80. The van der Waals surface area contributed by atoms with E-state index in [1.54, 1.807) is 7.11 Å². The maximum absolute atomic E-state index is 11.3. The number of ether oxygens (including phenoxy) is 1. The van der Waals surface area contributed by atoms with Crippen molar-refractivity contribution in [2.45, 2.75) is 19.4 Å². The molecule has 1 atom stereocenters. The van der Waals surface area contributed by atoms with Gasteiger partial charge >= 0.3 is 0 Å². The molecular weight excluding hydrogens is 376 g/mol. The van der Waals surface area contributed by atoms with Gasteiger partial charge in [0.1, 0.15) is 15.6 Å². The molecule has 0 amide bonds. The lowest BCUT2D eigenvalue weighted by molar-refractivity contribution is 0.415. The molecule has 7 nitrogen and oxygen atoms in total. The van der Waals surface area contributed by atoms with Crippen molar-refractivity contribution in [2.24, 2.45) is 4.99 Å². The fourth-order valence-corrected chi connectivity index (χ4v) is 3.43. The summed E-state index contributed by atoms with van der Waals surface area (Å²) in [6.07, 6.45) is 2.16. The highest BCUT2D eigenvalue weighted by atomic mass is 35.5. The van der Waals surface area contributed by atoms with E-state index in [0.29, 0.717) is 17.5 Å². The summed E-state index contributed by atoms with van der Waals surface area (Å²) in [6.45, 7) is 4.59. The van der Waals surface area contributed by atoms with Gasteiger partial charge in [0.15, 0.2) is 5.96 Å². The van der Waals surface area contributed by atoms with Crippen LogP contribution in [-0.4, -0.2) is 65.7 Å². The zero-order valence-electron chi connectivity index (χ0n) is 15.5. The van der Waals surface area contributed by atoms with E-state index in [2.05, 4.69) is 20.5 Å². The van der Waals surface area contributed by atoms with Crippen LogP contribution in [0.1, 0.15) is 13.3 Å². The van der Waals surface area contributed by atoms with Crippen LogP contribution in [0, 0.1) is 0 Å². The Morgan fingerprint density at radius 2 is 2.23 bits per heavy atom. The zero-order chi connectivity index (χ0) is 19.2. The number of aliphatic imine (C=N–C) groups is 1. The number of hydrogen-bond acceptors (Lipinski definition) is 5. The van der Waals surface area contributed by atoms with Crippen molar-refractivity contribution < 1.29 is 13.2 Å². The molecule has 0 radical (unpaired) electrons. The van der Waals surface area contributed by atoms with Crippen LogP contribution >= 0.6 is 11.6 Å². The molecule has 1 saturated heterocycles. The Morgan fingerprint density at radius 1 is 1.46 bits per heavy atom. The van der Waals surface area contributed by atoms with E-state index in [1.807, 2.05) is 25.1 Å². The second kappa shape index (κ2) is 9.32. The zero-order valence-corrected chi connectivity index (χ0v) is 17.0. The molecule has 1 aromatic carbocycles. The van der Waals surface area contributed by atoms with E-state index in [-0.39, 0.29) is 18.3 Å². The number of methoxy groups -OCH3 is 1. The van der Waals surface area contributed by atoms with Crippen LogP contribution in [0.25, 0.3) is 0 Å². The van der Waals surface area contributed by atoms with Crippen LogP contribution in [0.3, 0.4) is 0 Å². The topological polar surface area (TPSA) is 83.0 Å². The third-order valence-corrected chi connectivity index (χ3v) is 5.25. The molecule has 1 heterocycles. The standard InChI is InChI=1S/C17H27ClN4O3S/c1-4-19-17(20-8-10-26(3,23)24)21-14-7-9-22(12-14)15-11-13(18)5-6-16(15)25-2/h5-6,11,14H,4,7-10,12H2,1-3H3,(H2,19,20,21). The molecule has 1 fully saturated rings. The molecule has 146 valence electrons. The van der Waals surface area contributed by atoms with Crippen LogP contribution in [0.5, 0.6) is 5.75 Å². The highest BCUT2D eigenvalue weighted by molar-refractivity contribution is 7.90. The molecule has 0 aromatic heterocycles. The summed E-state index contributed by atoms with van der Waals surface area (Å²) in [7, 11) is -1.37. The van der Waals surface area contributed by atoms with Crippen molar-refractivity contribution in [3.8, 4) is 5.75 Å². The van der Waals surface area contributed by atoms with Crippen LogP contribution in [0.15, 0.2) is 23.2 Å². The minimum absolute atomic E-state index is 0.0417. The summed E-state index contributed by atoms with van der Waals surface area (Å²) < 4.78 is 28.0. The number of sulfone groups is 1. The van der Waals surface area contributed by atoms with Gasteiger partial charge in [0, 0.05) is 37.0 Å². The first-order valence-electron chi connectivity index (χ1n) is 8.63. The Balaban J connectivity index is 2.00. The van der Waals surface area contributed by atoms with Gasteiger partial charge in [0.05, 0.1) is 25.1 Å². The Bertz CT molecular complexity index is 740. The largest absolute Gasteiger partial charge is 0.495 e. The lowest BCUT2D eigenvalue weighted by atomic mass is 10.2. The van der Waals surface area contributed by atoms with Gasteiger partial charge in [-0.3, -0.25) is 4.99 Å². The lowest BCUT2D eigenvalue weighted by Crippen LogP contribution is -2.44. The van der Waals surface area contributed by atoms with Crippen LogP contribution < -0.4 is 20.3 Å². The van der Waals surface area contributed by atoms with Crippen molar-refractivity contribution in [3.05, 3.63) is 23.2 Å². The molecule has 1 aliphatic heterocycles. The molecule has 9 heteroatoms. The van der Waals surface area contributed by atoms with Crippen molar-refractivity contribution >= 4 is 33.1 Å². The SMILES string of the molecule is CCNC(=NCCS(C)(=O)=O)NC1CCN(c2cc(Cl)ccc2OC)C1. The molecule has 0 bridgehead atoms. The van der Waals surface area contributed by atoms with E-state index in [9.17, 15) is 8.42 Å². The number of anilines is 1. The number of rotatable bonds is 7. The lowest BCUT2D eigenvalue weighted by Gasteiger charge is -2.22. The van der Waals surface area contributed by atoms with Crippen molar-refractivity contribution in [1.29, 1.82) is 0 Å². The first-order chi connectivity index (χ1) is 12.3. The minimum Gasteiger partial charge on any atom is -0.495 e. The summed E-state index contributed by atoms with van der Waals surface area (Å²) in [5.41, 5.74) is 0.975. The maximum atomic E-state index is 11.3. The number of nitrogens with zero attached hydrogens (tertiary/aromatic N) is 2. The fourth-order valence-electron chi connectivity index (χ4n) is 2.84. The van der Waals surface area contributed by atoms with Gasteiger partial charge in [-0.25, -0.2) is 8.42 Å². The second-order valence-corrected chi connectivity index (χ2v) is 8.98. The molecule has 0 aliphatic carbocycles. The summed E-state index contributed by atoms with van der Waals surface area (Å²) in [5.74, 6) is 1.48. The smallest absolute Gasteiger partial charge is 0.191 e. The summed E-state index contributed by atoms with van der Waals surface area (Å²) in [4.78, 5) is 6.58. The summed E-state index contributed by atoms with van der Waals surface area (Å²) in [5, 5.41) is 7.22. The molecule has 26 heavy (non-hydrogen) atoms. The van der Waals surface area contributed by atoms with Gasteiger partial charge in [-0.15, -0.1) is 0 Å². The van der Waals surface area contributed by atoms with E-state index in [1.165, 1.54) is 6.26 Å². The Kier molecular flexibility index (Phi) is 7.40. The predicted octanol–water partition coefficient (Wildman–Crippen LogP) is 1.53. The second-order valence-electron chi connectivity index (χ2n) is 6.28. The monoisotopic (exact) mass is 402 g/mol. The van der Waals surface area contributed by atoms with E-state index in [0.717, 1.165) is 30.9 Å². The quantitative estimate of drug-likeness (QED) is 0.531. The van der Waals surface area contributed by atoms with E-state index in [4.69, 9.17) is 16.3 Å². The molecule has 0 spiro atoms. The van der Waals surface area contributed by atoms with Gasteiger partial charge in [0.2, 0.25) is 0 Å². The summed E-state index contributed by atoms with van der Waals surface area (Å²) >= 11 is 6.13. The Hall–Kier alpha value is -1.67. The molecule has 2 rings (SSSR count). The average molecular weight is 403 g/mol. The van der Waals surface area contributed by atoms with E-state index >= 15 is 0 Å². The maximum Gasteiger partial charge on any atom is 0.191 e. The van der Waals surface area contributed by atoms with Crippen molar-refractivity contribution in [2.75, 3.05) is 50.2 Å². The third kappa shape index (κ3) is 6.25.